The highest BCUT2D eigenvalue weighted by atomic mass is 16.2. The number of hydrogen-bond acceptors (Lipinski definition) is 2. The minimum absolute atomic E-state index is 0.121. The van der Waals surface area contributed by atoms with Crippen LogP contribution in [0, 0.1) is 17.8 Å². The van der Waals surface area contributed by atoms with Crippen LogP contribution in [0.2, 0.25) is 0 Å². The standard InChI is InChI=1S/C15H27NO2/c1-10(2)9-14(17)12-5-7-13(8-6-12)15(18)16-11(3)4/h10-13H,5-9H2,1-4H3,(H,16,18). The van der Waals surface area contributed by atoms with Crippen molar-refractivity contribution in [2.24, 2.45) is 17.8 Å². The topological polar surface area (TPSA) is 46.2 Å². The third-order valence-electron chi connectivity index (χ3n) is 3.59. The monoisotopic (exact) mass is 253 g/mol. The van der Waals surface area contributed by atoms with E-state index in [0.29, 0.717) is 18.1 Å². The van der Waals surface area contributed by atoms with E-state index in [1.54, 1.807) is 0 Å². The van der Waals surface area contributed by atoms with Crippen molar-refractivity contribution in [1.82, 2.24) is 5.32 Å². The molecule has 0 spiro atoms. The van der Waals surface area contributed by atoms with E-state index in [2.05, 4.69) is 19.2 Å². The molecule has 0 radical (unpaired) electrons. The Hall–Kier alpha value is -0.860. The molecule has 1 aliphatic carbocycles. The molecule has 1 N–H and O–H groups in total. The Kier molecular flexibility index (Phi) is 5.83. The number of carbonyl (C=O) groups is 2. The fraction of sp³-hybridized carbons (Fsp3) is 0.867. The van der Waals surface area contributed by atoms with Crippen molar-refractivity contribution in [3.63, 3.8) is 0 Å². The Morgan fingerprint density at radius 2 is 1.50 bits per heavy atom. The molecule has 1 rings (SSSR count). The van der Waals surface area contributed by atoms with Crippen molar-refractivity contribution in [2.45, 2.75) is 65.8 Å². The van der Waals surface area contributed by atoms with Gasteiger partial charge in [0.15, 0.2) is 0 Å². The number of rotatable bonds is 5. The van der Waals surface area contributed by atoms with Gasteiger partial charge in [-0.3, -0.25) is 9.59 Å². The summed E-state index contributed by atoms with van der Waals surface area (Å²) in [5.74, 6) is 1.33. The Labute approximate surface area is 111 Å². The van der Waals surface area contributed by atoms with Crippen LogP contribution < -0.4 is 5.32 Å². The predicted octanol–water partition coefficient (Wildman–Crippen LogP) is 2.93. The molecule has 3 heteroatoms. The van der Waals surface area contributed by atoms with Crippen molar-refractivity contribution in [1.29, 1.82) is 0 Å². The average molecular weight is 253 g/mol. The van der Waals surface area contributed by atoms with Crippen LogP contribution in [-0.2, 0) is 9.59 Å². The summed E-state index contributed by atoms with van der Waals surface area (Å²) >= 11 is 0. The van der Waals surface area contributed by atoms with Gasteiger partial charge < -0.3 is 5.32 Å². The predicted molar refractivity (Wildman–Crippen MR) is 73.2 cm³/mol. The van der Waals surface area contributed by atoms with E-state index >= 15 is 0 Å². The van der Waals surface area contributed by atoms with Gasteiger partial charge >= 0.3 is 0 Å². The second-order valence-electron chi connectivity index (χ2n) is 6.28. The van der Waals surface area contributed by atoms with Gasteiger partial charge in [0.2, 0.25) is 5.91 Å². The van der Waals surface area contributed by atoms with Crippen molar-refractivity contribution < 1.29 is 9.59 Å². The lowest BCUT2D eigenvalue weighted by Gasteiger charge is -2.27. The third-order valence-corrected chi connectivity index (χ3v) is 3.59. The molecule has 0 aromatic carbocycles. The van der Waals surface area contributed by atoms with Crippen LogP contribution in [0.4, 0.5) is 0 Å². The first kappa shape index (κ1) is 15.2. The lowest BCUT2D eigenvalue weighted by molar-refractivity contribution is -0.130. The molecule has 0 aliphatic heterocycles. The molecule has 18 heavy (non-hydrogen) atoms. The summed E-state index contributed by atoms with van der Waals surface area (Å²) in [6.07, 6.45) is 4.21. The number of hydrogen-bond donors (Lipinski definition) is 1. The third kappa shape index (κ3) is 4.79. The van der Waals surface area contributed by atoms with Gasteiger partial charge in [0.05, 0.1) is 0 Å². The van der Waals surface area contributed by atoms with Gasteiger partial charge in [0.1, 0.15) is 5.78 Å². The van der Waals surface area contributed by atoms with Crippen LogP contribution in [0.25, 0.3) is 0 Å². The maximum absolute atomic E-state index is 12.0. The van der Waals surface area contributed by atoms with Crippen LogP contribution in [0.5, 0.6) is 0 Å². The maximum atomic E-state index is 12.0. The molecule has 0 atom stereocenters. The zero-order valence-electron chi connectivity index (χ0n) is 12.2. The summed E-state index contributed by atoms with van der Waals surface area (Å²) in [5.41, 5.74) is 0. The van der Waals surface area contributed by atoms with Crippen LogP contribution >= 0.6 is 0 Å². The summed E-state index contributed by atoms with van der Waals surface area (Å²) in [6.45, 7) is 8.13. The molecule has 0 aromatic heterocycles. The number of amides is 1. The number of nitrogens with one attached hydrogen (secondary N) is 1. The van der Waals surface area contributed by atoms with E-state index in [1.165, 1.54) is 0 Å². The van der Waals surface area contributed by atoms with Crippen molar-refractivity contribution in [3.05, 3.63) is 0 Å². The highest BCUT2D eigenvalue weighted by Gasteiger charge is 2.29. The smallest absolute Gasteiger partial charge is 0.223 e. The van der Waals surface area contributed by atoms with Crippen LogP contribution in [0.15, 0.2) is 0 Å². The minimum atomic E-state index is 0.121. The quantitative estimate of drug-likeness (QED) is 0.819. The fourth-order valence-corrected chi connectivity index (χ4v) is 2.65. The van der Waals surface area contributed by atoms with Gasteiger partial charge in [-0.05, 0) is 45.4 Å². The molecule has 104 valence electrons. The van der Waals surface area contributed by atoms with E-state index in [4.69, 9.17) is 0 Å². The SMILES string of the molecule is CC(C)CC(=O)C1CCC(C(=O)NC(C)C)CC1. The molecule has 3 nitrogen and oxygen atoms in total. The molecule has 1 fully saturated rings. The number of carbonyl (C=O) groups excluding carboxylic acids is 2. The summed E-state index contributed by atoms with van der Waals surface area (Å²) in [4.78, 5) is 23.8. The Balaban J connectivity index is 2.36. The number of Topliss-reactive ketones (excluding diaryl/α,β-unsaturated/α-hetero) is 1. The molecule has 0 heterocycles. The van der Waals surface area contributed by atoms with E-state index in [-0.39, 0.29) is 23.8 Å². The molecule has 0 aromatic rings. The van der Waals surface area contributed by atoms with Crippen molar-refractivity contribution in [2.75, 3.05) is 0 Å². The van der Waals surface area contributed by atoms with Gasteiger partial charge in [-0.15, -0.1) is 0 Å². The first-order valence-corrected chi connectivity index (χ1v) is 7.23. The van der Waals surface area contributed by atoms with Crippen LogP contribution in [0.3, 0.4) is 0 Å². The molecule has 0 saturated heterocycles. The highest BCUT2D eigenvalue weighted by molar-refractivity contribution is 5.82. The van der Waals surface area contributed by atoms with E-state index in [0.717, 1.165) is 25.7 Å². The zero-order valence-corrected chi connectivity index (χ0v) is 12.2. The Bertz CT molecular complexity index is 259. The number of ketones is 1. The summed E-state index contributed by atoms with van der Waals surface area (Å²) in [6, 6.07) is 0.206. The van der Waals surface area contributed by atoms with Gasteiger partial charge in [0.25, 0.3) is 0 Å². The second-order valence-corrected chi connectivity index (χ2v) is 6.28. The van der Waals surface area contributed by atoms with E-state index in [9.17, 15) is 9.59 Å². The lowest BCUT2D eigenvalue weighted by Crippen LogP contribution is -2.38. The normalized spacial score (nSPS) is 24.3. The highest BCUT2D eigenvalue weighted by Crippen LogP contribution is 2.30. The Morgan fingerprint density at radius 3 is 1.94 bits per heavy atom. The lowest BCUT2D eigenvalue weighted by atomic mass is 9.78. The summed E-state index contributed by atoms with van der Waals surface area (Å²) < 4.78 is 0. The fourth-order valence-electron chi connectivity index (χ4n) is 2.65. The average Bonchev–Trinajstić information content (AvgIpc) is 2.27. The van der Waals surface area contributed by atoms with Crippen LogP contribution in [-0.4, -0.2) is 17.7 Å². The zero-order chi connectivity index (χ0) is 13.7. The van der Waals surface area contributed by atoms with Gasteiger partial charge in [0, 0.05) is 24.3 Å². The second kappa shape index (κ2) is 6.91. The first-order chi connectivity index (χ1) is 8.40. The van der Waals surface area contributed by atoms with Gasteiger partial charge in [-0.2, -0.15) is 0 Å². The van der Waals surface area contributed by atoms with Crippen molar-refractivity contribution >= 4 is 11.7 Å². The molecule has 0 bridgehead atoms. The summed E-state index contributed by atoms with van der Waals surface area (Å²) in [7, 11) is 0. The van der Waals surface area contributed by atoms with Gasteiger partial charge in [-0.25, -0.2) is 0 Å². The van der Waals surface area contributed by atoms with Gasteiger partial charge in [-0.1, -0.05) is 13.8 Å². The minimum Gasteiger partial charge on any atom is -0.354 e. The molecule has 1 aliphatic rings. The molecular formula is C15H27NO2. The molecule has 1 amide bonds. The van der Waals surface area contributed by atoms with E-state index in [1.807, 2.05) is 13.8 Å². The Morgan fingerprint density at radius 1 is 1.00 bits per heavy atom. The molecule has 1 saturated carbocycles. The summed E-state index contributed by atoms with van der Waals surface area (Å²) in [5, 5.41) is 2.96. The maximum Gasteiger partial charge on any atom is 0.223 e. The molecule has 0 unspecified atom stereocenters. The largest absolute Gasteiger partial charge is 0.354 e. The van der Waals surface area contributed by atoms with Crippen molar-refractivity contribution in [3.8, 4) is 0 Å². The van der Waals surface area contributed by atoms with Crippen LogP contribution in [0.1, 0.15) is 59.8 Å². The molecular weight excluding hydrogens is 226 g/mol. The first-order valence-electron chi connectivity index (χ1n) is 7.23. The van der Waals surface area contributed by atoms with E-state index < -0.39 is 0 Å².